The summed E-state index contributed by atoms with van der Waals surface area (Å²) in [6.07, 6.45) is 0. The van der Waals surface area contributed by atoms with E-state index in [-0.39, 0.29) is 5.78 Å². The molecule has 0 bridgehead atoms. The molecule has 0 amide bonds. The van der Waals surface area contributed by atoms with Crippen molar-refractivity contribution in [3.05, 3.63) is 90.0 Å². The number of nitrogens with zero attached hydrogens (tertiary/aromatic N) is 2. The number of carbonyl (C=O) groups excluding carboxylic acids is 1. The molecule has 132 valence electrons. The molecule has 0 aliphatic heterocycles. The number of rotatable bonds is 5. The minimum Gasteiger partial charge on any atom is -0.293 e. The highest BCUT2D eigenvalue weighted by Gasteiger charge is 2.12. The van der Waals surface area contributed by atoms with Crippen LogP contribution in [-0.2, 0) is 0 Å². The van der Waals surface area contributed by atoms with Crippen molar-refractivity contribution in [2.75, 3.05) is 5.75 Å². The van der Waals surface area contributed by atoms with Crippen LogP contribution in [0, 0.1) is 6.92 Å². The van der Waals surface area contributed by atoms with Gasteiger partial charge < -0.3 is 0 Å². The number of aromatic nitrogens is 2. The zero-order valence-electron chi connectivity index (χ0n) is 14.9. The Hall–Kier alpha value is -2.98. The number of Topliss-reactive ketones (excluding diaryl/α,β-unsaturated/α-hetero) is 1. The topological polar surface area (TPSA) is 42.9 Å². The Morgan fingerprint density at radius 3 is 2.33 bits per heavy atom. The molecule has 0 aliphatic rings. The average molecular weight is 370 g/mol. The van der Waals surface area contributed by atoms with E-state index < -0.39 is 0 Å². The number of fused-ring (bicyclic) bond motifs is 1. The summed E-state index contributed by atoms with van der Waals surface area (Å²) >= 11 is 1.47. The molecule has 0 saturated carbocycles. The quantitative estimate of drug-likeness (QED) is 0.261. The fourth-order valence-electron chi connectivity index (χ4n) is 2.83. The van der Waals surface area contributed by atoms with Crippen molar-refractivity contribution in [1.29, 1.82) is 0 Å². The van der Waals surface area contributed by atoms with Crippen LogP contribution in [0.4, 0.5) is 0 Å². The predicted octanol–water partition coefficient (Wildman–Crippen LogP) is 5.58. The number of hydrogen-bond donors (Lipinski definition) is 0. The molecule has 1 aromatic heterocycles. The number of hydrogen-bond acceptors (Lipinski definition) is 4. The highest BCUT2D eigenvalue weighted by molar-refractivity contribution is 8.00. The van der Waals surface area contributed by atoms with Crippen molar-refractivity contribution in [2.45, 2.75) is 11.9 Å². The Morgan fingerprint density at radius 1 is 0.852 bits per heavy atom. The molecular weight excluding hydrogens is 352 g/mol. The van der Waals surface area contributed by atoms with Crippen LogP contribution >= 0.6 is 11.8 Å². The van der Waals surface area contributed by atoms with E-state index in [0.29, 0.717) is 11.6 Å². The molecule has 27 heavy (non-hydrogen) atoms. The lowest BCUT2D eigenvalue weighted by molar-refractivity contribution is 0.102. The van der Waals surface area contributed by atoms with E-state index in [4.69, 9.17) is 9.97 Å². The van der Waals surface area contributed by atoms with Gasteiger partial charge in [-0.2, -0.15) is 0 Å². The van der Waals surface area contributed by atoms with Crippen molar-refractivity contribution in [2.24, 2.45) is 0 Å². The van der Waals surface area contributed by atoms with Crippen LogP contribution in [0.2, 0.25) is 0 Å². The van der Waals surface area contributed by atoms with Gasteiger partial charge in [0.15, 0.2) is 11.6 Å². The standard InChI is InChI=1S/C23H18N2OS/c1-16-11-13-17(14-12-16)21(26)15-27-23-19-9-5-6-10-20(19)24-22(25-23)18-7-3-2-4-8-18/h2-14H,15H2,1H3. The fraction of sp³-hybridized carbons (Fsp3) is 0.0870. The van der Waals surface area contributed by atoms with E-state index in [1.807, 2.05) is 85.8 Å². The molecule has 0 unspecified atom stereocenters. The van der Waals surface area contributed by atoms with Crippen LogP contribution in [0.15, 0.2) is 83.9 Å². The van der Waals surface area contributed by atoms with Crippen LogP contribution < -0.4 is 0 Å². The average Bonchev–Trinajstić information content (AvgIpc) is 2.72. The molecular formula is C23H18N2OS. The van der Waals surface area contributed by atoms with Gasteiger partial charge in [-0.25, -0.2) is 9.97 Å². The van der Waals surface area contributed by atoms with Crippen LogP contribution in [0.25, 0.3) is 22.3 Å². The van der Waals surface area contributed by atoms with Crippen molar-refractivity contribution in [1.82, 2.24) is 9.97 Å². The van der Waals surface area contributed by atoms with E-state index in [2.05, 4.69) is 0 Å². The molecule has 0 atom stereocenters. The van der Waals surface area contributed by atoms with E-state index >= 15 is 0 Å². The third-order valence-electron chi connectivity index (χ3n) is 4.31. The smallest absolute Gasteiger partial charge is 0.173 e. The molecule has 4 rings (SSSR count). The summed E-state index contributed by atoms with van der Waals surface area (Å²) < 4.78 is 0. The van der Waals surface area contributed by atoms with Crippen LogP contribution in [-0.4, -0.2) is 21.5 Å². The van der Waals surface area contributed by atoms with E-state index in [1.54, 1.807) is 0 Å². The molecule has 0 aliphatic carbocycles. The van der Waals surface area contributed by atoms with Gasteiger partial charge in [0.1, 0.15) is 5.03 Å². The second-order valence-electron chi connectivity index (χ2n) is 6.31. The second-order valence-corrected chi connectivity index (χ2v) is 7.28. The molecule has 0 saturated heterocycles. The van der Waals surface area contributed by atoms with Gasteiger partial charge in [-0.1, -0.05) is 90.1 Å². The summed E-state index contributed by atoms with van der Waals surface area (Å²) in [7, 11) is 0. The van der Waals surface area contributed by atoms with E-state index in [1.165, 1.54) is 11.8 Å². The van der Waals surface area contributed by atoms with Gasteiger partial charge in [-0.05, 0) is 13.0 Å². The maximum absolute atomic E-state index is 12.6. The zero-order chi connectivity index (χ0) is 18.6. The number of para-hydroxylation sites is 1. The second kappa shape index (κ2) is 7.72. The third kappa shape index (κ3) is 3.91. The summed E-state index contributed by atoms with van der Waals surface area (Å²) in [6, 6.07) is 25.5. The molecule has 3 aromatic carbocycles. The molecule has 1 heterocycles. The number of carbonyl (C=O) groups is 1. The molecule has 4 aromatic rings. The third-order valence-corrected chi connectivity index (χ3v) is 5.30. The molecule has 0 radical (unpaired) electrons. The summed E-state index contributed by atoms with van der Waals surface area (Å²) in [5, 5.41) is 1.80. The van der Waals surface area contributed by atoms with E-state index in [0.717, 1.165) is 32.6 Å². The Morgan fingerprint density at radius 2 is 1.56 bits per heavy atom. The van der Waals surface area contributed by atoms with Crippen molar-refractivity contribution < 1.29 is 4.79 Å². The molecule has 3 nitrogen and oxygen atoms in total. The van der Waals surface area contributed by atoms with Gasteiger partial charge >= 0.3 is 0 Å². The summed E-state index contributed by atoms with van der Waals surface area (Å²) in [5.74, 6) is 1.13. The lowest BCUT2D eigenvalue weighted by atomic mass is 10.1. The van der Waals surface area contributed by atoms with Gasteiger partial charge in [0.25, 0.3) is 0 Å². The van der Waals surface area contributed by atoms with Crippen molar-refractivity contribution >= 4 is 28.4 Å². The first-order valence-electron chi connectivity index (χ1n) is 8.75. The normalized spacial score (nSPS) is 10.9. The Balaban J connectivity index is 1.66. The maximum Gasteiger partial charge on any atom is 0.173 e. The predicted molar refractivity (Wildman–Crippen MR) is 111 cm³/mol. The number of thioether (sulfide) groups is 1. The summed E-state index contributed by atoms with van der Waals surface area (Å²) in [4.78, 5) is 22.0. The molecule has 0 fully saturated rings. The number of ketones is 1. The summed E-state index contributed by atoms with van der Waals surface area (Å²) in [5.41, 5.74) is 3.73. The van der Waals surface area contributed by atoms with Crippen molar-refractivity contribution in [3.8, 4) is 11.4 Å². The first-order valence-corrected chi connectivity index (χ1v) is 9.74. The van der Waals surface area contributed by atoms with Gasteiger partial charge in [0.2, 0.25) is 0 Å². The molecule has 0 spiro atoms. The fourth-order valence-corrected chi connectivity index (χ4v) is 3.74. The first-order chi connectivity index (χ1) is 13.2. The highest BCUT2D eigenvalue weighted by Crippen LogP contribution is 2.28. The van der Waals surface area contributed by atoms with Gasteiger partial charge in [0.05, 0.1) is 11.3 Å². The highest BCUT2D eigenvalue weighted by atomic mass is 32.2. The van der Waals surface area contributed by atoms with Crippen LogP contribution in [0.3, 0.4) is 0 Å². The van der Waals surface area contributed by atoms with E-state index in [9.17, 15) is 4.79 Å². The molecule has 4 heteroatoms. The SMILES string of the molecule is Cc1ccc(C(=O)CSc2nc(-c3ccccc3)nc3ccccc23)cc1. The lowest BCUT2D eigenvalue weighted by Crippen LogP contribution is -2.03. The number of aryl methyl sites for hydroxylation is 1. The van der Waals surface area contributed by atoms with Crippen LogP contribution in [0.5, 0.6) is 0 Å². The largest absolute Gasteiger partial charge is 0.293 e. The van der Waals surface area contributed by atoms with Crippen molar-refractivity contribution in [3.63, 3.8) is 0 Å². The maximum atomic E-state index is 12.6. The Bertz CT molecular complexity index is 1090. The van der Waals surface area contributed by atoms with Crippen LogP contribution in [0.1, 0.15) is 15.9 Å². The lowest BCUT2D eigenvalue weighted by Gasteiger charge is -2.08. The Kier molecular flexibility index (Phi) is 4.99. The zero-order valence-corrected chi connectivity index (χ0v) is 15.7. The minimum absolute atomic E-state index is 0.101. The van der Waals surface area contributed by atoms with Gasteiger partial charge in [0, 0.05) is 16.5 Å². The first kappa shape index (κ1) is 17.4. The monoisotopic (exact) mass is 370 g/mol. The summed E-state index contributed by atoms with van der Waals surface area (Å²) in [6.45, 7) is 2.02. The number of benzene rings is 3. The van der Waals surface area contributed by atoms with Gasteiger partial charge in [-0.15, -0.1) is 0 Å². The minimum atomic E-state index is 0.101. The Labute approximate surface area is 162 Å². The molecule has 0 N–H and O–H groups in total. The van der Waals surface area contributed by atoms with Gasteiger partial charge in [-0.3, -0.25) is 4.79 Å².